The molecule has 1 aromatic carbocycles. The number of pyridine rings is 1. The van der Waals surface area contributed by atoms with Crippen molar-refractivity contribution in [1.82, 2.24) is 4.98 Å². The van der Waals surface area contributed by atoms with E-state index in [1.54, 1.807) is 24.5 Å². The standard InChI is InChI=1S/C17H18N2O/c1-2-15(17(20)16-9-6-10-18-13-16)12-19-11-14-7-4-3-5-8-14/h3-11,13,15H,2,12H2,1H3/b19-11+. The van der Waals surface area contributed by atoms with Crippen molar-refractivity contribution in [2.45, 2.75) is 13.3 Å². The van der Waals surface area contributed by atoms with Gasteiger partial charge in [-0.3, -0.25) is 14.8 Å². The lowest BCUT2D eigenvalue weighted by molar-refractivity contribution is 0.0921. The normalized spacial score (nSPS) is 12.4. The lowest BCUT2D eigenvalue weighted by atomic mass is 9.96. The summed E-state index contributed by atoms with van der Waals surface area (Å²) in [4.78, 5) is 20.7. The van der Waals surface area contributed by atoms with Gasteiger partial charge < -0.3 is 0 Å². The SMILES string of the molecule is CCC(C/N=C/c1ccccc1)C(=O)c1cccnc1. The van der Waals surface area contributed by atoms with Gasteiger partial charge in [-0.15, -0.1) is 0 Å². The zero-order valence-corrected chi connectivity index (χ0v) is 11.6. The van der Waals surface area contributed by atoms with E-state index in [1.807, 2.05) is 43.5 Å². The van der Waals surface area contributed by atoms with E-state index in [1.165, 1.54) is 0 Å². The summed E-state index contributed by atoms with van der Waals surface area (Å²) in [6, 6.07) is 13.5. The zero-order valence-electron chi connectivity index (χ0n) is 11.6. The van der Waals surface area contributed by atoms with Gasteiger partial charge >= 0.3 is 0 Å². The third kappa shape index (κ3) is 3.85. The minimum absolute atomic E-state index is 0.0841. The first kappa shape index (κ1) is 14.1. The molecule has 0 amide bonds. The average molecular weight is 266 g/mol. The summed E-state index contributed by atoms with van der Waals surface area (Å²) >= 11 is 0. The van der Waals surface area contributed by atoms with Crippen LogP contribution in [0.4, 0.5) is 0 Å². The first-order valence-corrected chi connectivity index (χ1v) is 6.80. The van der Waals surface area contributed by atoms with Crippen LogP contribution in [0, 0.1) is 5.92 Å². The third-order valence-corrected chi connectivity index (χ3v) is 3.18. The van der Waals surface area contributed by atoms with Crippen molar-refractivity contribution in [1.29, 1.82) is 0 Å². The number of carbonyl (C=O) groups is 1. The van der Waals surface area contributed by atoms with Crippen LogP contribution in [0.25, 0.3) is 0 Å². The number of carbonyl (C=O) groups excluding carboxylic acids is 1. The molecule has 0 saturated carbocycles. The van der Waals surface area contributed by atoms with Gasteiger partial charge in [0.2, 0.25) is 0 Å². The highest BCUT2D eigenvalue weighted by atomic mass is 16.1. The summed E-state index contributed by atoms with van der Waals surface area (Å²) in [5.74, 6) is 0.0324. The molecule has 20 heavy (non-hydrogen) atoms. The van der Waals surface area contributed by atoms with Crippen LogP contribution >= 0.6 is 0 Å². The minimum Gasteiger partial charge on any atom is -0.294 e. The van der Waals surface area contributed by atoms with Crippen LogP contribution in [0.5, 0.6) is 0 Å². The predicted octanol–water partition coefficient (Wildman–Crippen LogP) is 3.41. The smallest absolute Gasteiger partial charge is 0.169 e. The monoisotopic (exact) mass is 266 g/mol. The summed E-state index contributed by atoms with van der Waals surface area (Å²) in [6.07, 6.45) is 5.89. The van der Waals surface area contributed by atoms with Crippen LogP contribution in [0.3, 0.4) is 0 Å². The molecule has 1 atom stereocenters. The fourth-order valence-corrected chi connectivity index (χ4v) is 1.97. The van der Waals surface area contributed by atoms with Gasteiger partial charge in [0, 0.05) is 36.6 Å². The second-order valence-corrected chi connectivity index (χ2v) is 4.62. The summed E-state index contributed by atoms with van der Waals surface area (Å²) in [5, 5.41) is 0. The van der Waals surface area contributed by atoms with Crippen LogP contribution < -0.4 is 0 Å². The number of hydrogen-bond acceptors (Lipinski definition) is 3. The quantitative estimate of drug-likeness (QED) is 0.594. The molecular weight excluding hydrogens is 248 g/mol. The molecule has 0 aliphatic rings. The van der Waals surface area contributed by atoms with Gasteiger partial charge in [-0.2, -0.15) is 0 Å². The topological polar surface area (TPSA) is 42.3 Å². The Balaban J connectivity index is 1.99. The highest BCUT2D eigenvalue weighted by Crippen LogP contribution is 2.12. The van der Waals surface area contributed by atoms with E-state index in [0.717, 1.165) is 12.0 Å². The number of ketones is 1. The highest BCUT2D eigenvalue weighted by molar-refractivity contribution is 5.97. The number of hydrogen-bond donors (Lipinski definition) is 0. The molecule has 2 rings (SSSR count). The van der Waals surface area contributed by atoms with E-state index in [2.05, 4.69) is 9.98 Å². The van der Waals surface area contributed by atoms with Crippen LogP contribution in [-0.4, -0.2) is 23.5 Å². The van der Waals surface area contributed by atoms with Crippen LogP contribution in [-0.2, 0) is 0 Å². The Hall–Kier alpha value is -2.29. The summed E-state index contributed by atoms with van der Waals surface area (Å²) in [7, 11) is 0. The third-order valence-electron chi connectivity index (χ3n) is 3.18. The molecule has 2 aromatic rings. The number of Topliss-reactive ketones (excluding diaryl/α,β-unsaturated/α-hetero) is 1. The Morgan fingerprint density at radius 3 is 2.70 bits per heavy atom. The van der Waals surface area contributed by atoms with Crippen molar-refractivity contribution >= 4 is 12.0 Å². The lowest BCUT2D eigenvalue weighted by Gasteiger charge is -2.10. The molecule has 102 valence electrons. The number of rotatable bonds is 6. The average Bonchev–Trinajstić information content (AvgIpc) is 2.53. The van der Waals surface area contributed by atoms with Gasteiger partial charge in [-0.05, 0) is 24.1 Å². The second-order valence-electron chi connectivity index (χ2n) is 4.62. The molecule has 0 aliphatic carbocycles. The van der Waals surface area contributed by atoms with E-state index in [9.17, 15) is 4.79 Å². The van der Waals surface area contributed by atoms with E-state index in [4.69, 9.17) is 0 Å². The van der Waals surface area contributed by atoms with Gasteiger partial charge in [0.15, 0.2) is 5.78 Å². The molecule has 1 heterocycles. The molecule has 0 spiro atoms. The van der Waals surface area contributed by atoms with Crippen molar-refractivity contribution in [3.8, 4) is 0 Å². The molecule has 1 aromatic heterocycles. The van der Waals surface area contributed by atoms with E-state index in [-0.39, 0.29) is 11.7 Å². The molecule has 0 saturated heterocycles. The molecule has 0 fully saturated rings. The van der Waals surface area contributed by atoms with Crippen molar-refractivity contribution in [2.75, 3.05) is 6.54 Å². The summed E-state index contributed by atoms with van der Waals surface area (Å²) in [6.45, 7) is 2.52. The fourth-order valence-electron chi connectivity index (χ4n) is 1.97. The van der Waals surface area contributed by atoms with E-state index in [0.29, 0.717) is 12.1 Å². The first-order valence-electron chi connectivity index (χ1n) is 6.80. The van der Waals surface area contributed by atoms with Crippen molar-refractivity contribution in [3.63, 3.8) is 0 Å². The lowest BCUT2D eigenvalue weighted by Crippen LogP contribution is -2.17. The van der Waals surface area contributed by atoms with Crippen molar-refractivity contribution in [3.05, 3.63) is 66.0 Å². The maximum atomic E-state index is 12.3. The van der Waals surface area contributed by atoms with E-state index >= 15 is 0 Å². The van der Waals surface area contributed by atoms with Gasteiger partial charge in [0.25, 0.3) is 0 Å². The Bertz CT molecular complexity index is 564. The Kier molecular flexibility index (Phi) is 5.18. The highest BCUT2D eigenvalue weighted by Gasteiger charge is 2.17. The maximum absolute atomic E-state index is 12.3. The first-order chi connectivity index (χ1) is 9.81. The van der Waals surface area contributed by atoms with Crippen LogP contribution in [0.15, 0.2) is 59.9 Å². The van der Waals surface area contributed by atoms with Gasteiger partial charge in [-0.1, -0.05) is 37.3 Å². The maximum Gasteiger partial charge on any atom is 0.169 e. The molecule has 0 aliphatic heterocycles. The fraction of sp³-hybridized carbons (Fsp3) is 0.235. The Morgan fingerprint density at radius 1 is 1.25 bits per heavy atom. The summed E-state index contributed by atoms with van der Waals surface area (Å²) in [5.41, 5.74) is 1.71. The van der Waals surface area contributed by atoms with Gasteiger partial charge in [0.05, 0.1) is 0 Å². The molecule has 3 heteroatoms. The van der Waals surface area contributed by atoms with Crippen LogP contribution in [0.1, 0.15) is 29.3 Å². The van der Waals surface area contributed by atoms with Crippen molar-refractivity contribution in [2.24, 2.45) is 10.9 Å². The van der Waals surface area contributed by atoms with Crippen LogP contribution in [0.2, 0.25) is 0 Å². The van der Waals surface area contributed by atoms with Gasteiger partial charge in [-0.25, -0.2) is 0 Å². The largest absolute Gasteiger partial charge is 0.294 e. The van der Waals surface area contributed by atoms with Gasteiger partial charge in [0.1, 0.15) is 0 Å². The second kappa shape index (κ2) is 7.34. The molecule has 0 N–H and O–H groups in total. The van der Waals surface area contributed by atoms with E-state index < -0.39 is 0 Å². The number of nitrogens with zero attached hydrogens (tertiary/aromatic N) is 2. The van der Waals surface area contributed by atoms with Crippen molar-refractivity contribution < 1.29 is 4.79 Å². The molecule has 3 nitrogen and oxygen atoms in total. The minimum atomic E-state index is -0.0841. The molecular formula is C17H18N2O. The number of aromatic nitrogens is 1. The predicted molar refractivity (Wildman–Crippen MR) is 81.3 cm³/mol. The Morgan fingerprint density at radius 2 is 2.05 bits per heavy atom. The molecule has 0 bridgehead atoms. The number of aliphatic imine (C=N–C) groups is 1. The zero-order chi connectivity index (χ0) is 14.2. The summed E-state index contributed by atoms with van der Waals surface area (Å²) < 4.78 is 0. The Labute approximate surface area is 119 Å². The molecule has 1 unspecified atom stereocenters. The molecule has 0 radical (unpaired) electrons. The number of benzene rings is 1.